The molecule has 0 unspecified atom stereocenters. The van der Waals surface area contributed by atoms with E-state index in [1.54, 1.807) is 0 Å². The lowest BCUT2D eigenvalue weighted by Gasteiger charge is -2.24. The molecule has 1 fully saturated rings. The molecule has 1 amide bonds. The Balaban J connectivity index is 2.17. The largest absolute Gasteiger partial charge is 0.355 e. The average Bonchev–Trinajstić information content (AvgIpc) is 2.17. The van der Waals surface area contributed by atoms with Crippen LogP contribution in [0.1, 0.15) is 46.5 Å². The van der Waals surface area contributed by atoms with Crippen molar-refractivity contribution in [2.45, 2.75) is 52.5 Å². The minimum Gasteiger partial charge on any atom is -0.355 e. The third-order valence-corrected chi connectivity index (χ3v) is 2.80. The average molecular weight is 212 g/mol. The van der Waals surface area contributed by atoms with Gasteiger partial charge in [-0.1, -0.05) is 27.2 Å². The molecule has 3 nitrogen and oxygen atoms in total. The number of carbonyl (C=O) groups is 1. The Kier molecular flexibility index (Phi) is 4.58. The van der Waals surface area contributed by atoms with Crippen molar-refractivity contribution in [3.05, 3.63) is 0 Å². The molecule has 0 spiro atoms. The van der Waals surface area contributed by atoms with Crippen LogP contribution >= 0.6 is 0 Å². The number of amides is 1. The first kappa shape index (κ1) is 12.5. The first-order chi connectivity index (χ1) is 6.99. The van der Waals surface area contributed by atoms with Crippen LogP contribution in [0.3, 0.4) is 0 Å². The third-order valence-electron chi connectivity index (χ3n) is 2.80. The van der Waals surface area contributed by atoms with E-state index < -0.39 is 0 Å². The molecule has 2 N–H and O–H groups in total. The molecule has 3 heteroatoms. The summed E-state index contributed by atoms with van der Waals surface area (Å²) in [5.41, 5.74) is 0.299. The van der Waals surface area contributed by atoms with Crippen molar-refractivity contribution >= 4 is 5.91 Å². The van der Waals surface area contributed by atoms with Crippen LogP contribution in [-0.4, -0.2) is 25.0 Å². The number of hydrogen-bond donors (Lipinski definition) is 2. The number of rotatable bonds is 3. The summed E-state index contributed by atoms with van der Waals surface area (Å²) in [5.74, 6) is 0.180. The van der Waals surface area contributed by atoms with Crippen molar-refractivity contribution < 1.29 is 4.79 Å². The van der Waals surface area contributed by atoms with E-state index in [1.165, 1.54) is 12.8 Å². The highest BCUT2D eigenvalue weighted by molar-refractivity contribution is 5.81. The fraction of sp³-hybridized carbons (Fsp3) is 0.917. The van der Waals surface area contributed by atoms with E-state index in [9.17, 15) is 4.79 Å². The highest BCUT2D eigenvalue weighted by Crippen LogP contribution is 2.17. The number of carbonyl (C=O) groups excluding carboxylic acids is 1. The summed E-state index contributed by atoms with van der Waals surface area (Å²) in [7, 11) is 0. The predicted octanol–water partition coefficient (Wildman–Crippen LogP) is 1.68. The zero-order valence-corrected chi connectivity index (χ0v) is 10.2. The number of hydrogen-bond acceptors (Lipinski definition) is 2. The summed E-state index contributed by atoms with van der Waals surface area (Å²) in [4.78, 5) is 11.7. The number of piperidine rings is 1. The predicted molar refractivity (Wildman–Crippen MR) is 62.7 cm³/mol. The molecule has 88 valence electrons. The van der Waals surface area contributed by atoms with Crippen LogP contribution in [0.25, 0.3) is 0 Å². The SMILES string of the molecule is CC(C)(C)CCNC(=O)[C@@H]1CCCCN1. The van der Waals surface area contributed by atoms with Crippen LogP contribution in [0.4, 0.5) is 0 Å². The van der Waals surface area contributed by atoms with E-state index >= 15 is 0 Å². The number of nitrogens with one attached hydrogen (secondary N) is 2. The van der Waals surface area contributed by atoms with Gasteiger partial charge in [-0.25, -0.2) is 0 Å². The van der Waals surface area contributed by atoms with E-state index in [1.807, 2.05) is 0 Å². The zero-order valence-electron chi connectivity index (χ0n) is 10.2. The van der Waals surface area contributed by atoms with Gasteiger partial charge in [-0.3, -0.25) is 4.79 Å². The minimum absolute atomic E-state index is 0.0544. The Morgan fingerprint density at radius 2 is 2.13 bits per heavy atom. The second kappa shape index (κ2) is 5.50. The zero-order chi connectivity index (χ0) is 11.3. The molecule has 0 radical (unpaired) electrons. The lowest BCUT2D eigenvalue weighted by molar-refractivity contribution is -0.123. The molecule has 1 aliphatic rings. The lowest BCUT2D eigenvalue weighted by atomic mass is 9.92. The van der Waals surface area contributed by atoms with Crippen molar-refractivity contribution in [3.63, 3.8) is 0 Å². The van der Waals surface area contributed by atoms with E-state index in [4.69, 9.17) is 0 Å². The van der Waals surface area contributed by atoms with Gasteiger partial charge in [0.2, 0.25) is 5.91 Å². The first-order valence-corrected chi connectivity index (χ1v) is 6.00. The second-order valence-electron chi connectivity index (χ2n) is 5.60. The van der Waals surface area contributed by atoms with E-state index in [-0.39, 0.29) is 11.9 Å². The Morgan fingerprint density at radius 3 is 2.67 bits per heavy atom. The van der Waals surface area contributed by atoms with Gasteiger partial charge in [0.15, 0.2) is 0 Å². The molecule has 1 saturated heterocycles. The molecule has 0 saturated carbocycles. The fourth-order valence-electron chi connectivity index (χ4n) is 1.76. The normalized spacial score (nSPS) is 22.5. The van der Waals surface area contributed by atoms with E-state index in [0.717, 1.165) is 25.9 Å². The van der Waals surface area contributed by atoms with Gasteiger partial charge in [-0.2, -0.15) is 0 Å². The maximum atomic E-state index is 11.7. The summed E-state index contributed by atoms with van der Waals surface area (Å²) in [6.45, 7) is 8.35. The van der Waals surface area contributed by atoms with Gasteiger partial charge < -0.3 is 10.6 Å². The van der Waals surface area contributed by atoms with Crippen LogP contribution in [-0.2, 0) is 4.79 Å². The molecule has 0 aromatic carbocycles. The third kappa shape index (κ3) is 5.17. The quantitative estimate of drug-likeness (QED) is 0.747. The monoisotopic (exact) mass is 212 g/mol. The smallest absolute Gasteiger partial charge is 0.237 e. The Bertz CT molecular complexity index is 202. The van der Waals surface area contributed by atoms with Crippen LogP contribution in [0.5, 0.6) is 0 Å². The summed E-state index contributed by atoms with van der Waals surface area (Å²) < 4.78 is 0. The summed E-state index contributed by atoms with van der Waals surface area (Å²) in [5, 5.41) is 6.26. The lowest BCUT2D eigenvalue weighted by Crippen LogP contribution is -2.47. The van der Waals surface area contributed by atoms with Crippen molar-refractivity contribution in [2.24, 2.45) is 5.41 Å². The van der Waals surface area contributed by atoms with Crippen LogP contribution in [0, 0.1) is 5.41 Å². The molecule has 1 atom stereocenters. The highest BCUT2D eigenvalue weighted by Gasteiger charge is 2.20. The van der Waals surface area contributed by atoms with Crippen LogP contribution < -0.4 is 10.6 Å². The summed E-state index contributed by atoms with van der Waals surface area (Å²) in [6, 6.07) is 0.0544. The molecule has 0 aromatic heterocycles. The maximum absolute atomic E-state index is 11.7. The topological polar surface area (TPSA) is 41.1 Å². The Labute approximate surface area is 93.0 Å². The molecule has 0 bridgehead atoms. The van der Waals surface area contributed by atoms with Crippen LogP contribution in [0.2, 0.25) is 0 Å². The second-order valence-corrected chi connectivity index (χ2v) is 5.60. The van der Waals surface area contributed by atoms with E-state index in [2.05, 4.69) is 31.4 Å². The van der Waals surface area contributed by atoms with Crippen molar-refractivity contribution in [2.75, 3.05) is 13.1 Å². The van der Waals surface area contributed by atoms with Crippen molar-refractivity contribution in [1.82, 2.24) is 10.6 Å². The fourth-order valence-corrected chi connectivity index (χ4v) is 1.76. The summed E-state index contributed by atoms with van der Waals surface area (Å²) in [6.07, 6.45) is 4.39. The van der Waals surface area contributed by atoms with Gasteiger partial charge in [-0.15, -0.1) is 0 Å². The van der Waals surface area contributed by atoms with Crippen molar-refractivity contribution in [1.29, 1.82) is 0 Å². The van der Waals surface area contributed by atoms with Gasteiger partial charge in [-0.05, 0) is 31.2 Å². The van der Waals surface area contributed by atoms with Crippen molar-refractivity contribution in [3.8, 4) is 0 Å². The molecular weight excluding hydrogens is 188 g/mol. The molecule has 1 rings (SSSR count). The van der Waals surface area contributed by atoms with E-state index in [0.29, 0.717) is 5.41 Å². The molecule has 15 heavy (non-hydrogen) atoms. The van der Waals surface area contributed by atoms with Crippen LogP contribution in [0.15, 0.2) is 0 Å². The highest BCUT2D eigenvalue weighted by atomic mass is 16.2. The van der Waals surface area contributed by atoms with Gasteiger partial charge in [0, 0.05) is 6.54 Å². The molecular formula is C12H24N2O. The molecule has 1 heterocycles. The Hall–Kier alpha value is -0.570. The molecule has 0 aliphatic carbocycles. The minimum atomic E-state index is 0.0544. The molecule has 1 aliphatic heterocycles. The van der Waals surface area contributed by atoms with Gasteiger partial charge in [0.05, 0.1) is 6.04 Å². The Morgan fingerprint density at radius 1 is 1.40 bits per heavy atom. The van der Waals surface area contributed by atoms with Gasteiger partial charge in [0.1, 0.15) is 0 Å². The molecule has 0 aromatic rings. The standard InChI is InChI=1S/C12H24N2O/c1-12(2,3)7-9-14-11(15)10-6-4-5-8-13-10/h10,13H,4-9H2,1-3H3,(H,14,15)/t10-/m0/s1. The van der Waals surface area contributed by atoms with Gasteiger partial charge >= 0.3 is 0 Å². The maximum Gasteiger partial charge on any atom is 0.237 e. The van der Waals surface area contributed by atoms with Gasteiger partial charge in [0.25, 0.3) is 0 Å². The first-order valence-electron chi connectivity index (χ1n) is 6.00. The summed E-state index contributed by atoms with van der Waals surface area (Å²) >= 11 is 0.